The summed E-state index contributed by atoms with van der Waals surface area (Å²) in [5.74, 6) is -3.12. The molecule has 0 saturated carbocycles. The number of hydrogen-bond acceptors (Lipinski definition) is 15. The molecule has 1 heterocycles. The van der Waals surface area contributed by atoms with Crippen LogP contribution >= 0.6 is 43.5 Å². The Labute approximate surface area is 344 Å². The number of azo groups is 1. The van der Waals surface area contributed by atoms with Gasteiger partial charge in [-0.05, 0) is 66.2 Å². The largest absolute Gasteiger partial charge is 0.504 e. The van der Waals surface area contributed by atoms with E-state index in [9.17, 15) is 45.7 Å². The maximum Gasteiger partial charge on any atom is 0.337 e. The Morgan fingerprint density at radius 1 is 0.807 bits per heavy atom. The number of carboxylic acids is 1. The number of aromatic carboxylic acids is 1. The summed E-state index contributed by atoms with van der Waals surface area (Å²) in [6.07, 6.45) is 0. The number of carbonyl (C=O) groups is 2. The Hall–Kier alpha value is -5.63. The van der Waals surface area contributed by atoms with Gasteiger partial charge in [0.25, 0.3) is 20.2 Å². The number of nitrogens with zero attached hydrogens (tertiary/aromatic N) is 6. The van der Waals surface area contributed by atoms with Crippen LogP contribution in [0.3, 0.4) is 0 Å². The average Bonchev–Trinajstić information content (AvgIpc) is 3.15. The first-order valence-corrected chi connectivity index (χ1v) is 20.8. The summed E-state index contributed by atoms with van der Waals surface area (Å²) in [4.78, 5) is 34.3. The summed E-state index contributed by atoms with van der Waals surface area (Å²) in [5, 5.41) is 41.0. The van der Waals surface area contributed by atoms with Gasteiger partial charge in [0.1, 0.15) is 16.2 Å². The summed E-state index contributed by atoms with van der Waals surface area (Å²) in [6.45, 7) is 0. The number of hydrazone groups is 1. The van der Waals surface area contributed by atoms with Crippen molar-refractivity contribution < 1.29 is 45.7 Å². The van der Waals surface area contributed by atoms with Gasteiger partial charge in [-0.25, -0.2) is 4.79 Å². The van der Waals surface area contributed by atoms with E-state index < -0.39 is 63.5 Å². The van der Waals surface area contributed by atoms with Crippen molar-refractivity contribution in [1.29, 1.82) is 0 Å². The van der Waals surface area contributed by atoms with Gasteiger partial charge in [0.2, 0.25) is 28.9 Å². The Morgan fingerprint density at radius 2 is 1.42 bits per heavy atom. The fraction of sp³-hybridized carbons (Fsp3) is 0.0625. The molecule has 1 aromatic heterocycles. The van der Waals surface area contributed by atoms with Crippen molar-refractivity contribution in [3.63, 3.8) is 0 Å². The van der Waals surface area contributed by atoms with Crippen molar-refractivity contribution in [2.75, 3.05) is 26.7 Å². The minimum absolute atomic E-state index is 0.0893. The van der Waals surface area contributed by atoms with E-state index in [0.717, 1.165) is 30.3 Å². The highest BCUT2D eigenvalue weighted by Crippen LogP contribution is 2.37. The van der Waals surface area contributed by atoms with Crippen LogP contribution in [0.5, 0.6) is 5.75 Å². The number of anilines is 6. The van der Waals surface area contributed by atoms with Crippen molar-refractivity contribution in [3.8, 4) is 5.75 Å². The van der Waals surface area contributed by atoms with Gasteiger partial charge in [-0.1, -0.05) is 62.2 Å². The number of aromatic nitrogens is 3. The van der Waals surface area contributed by atoms with E-state index in [-0.39, 0.29) is 40.2 Å². The van der Waals surface area contributed by atoms with Crippen molar-refractivity contribution in [2.24, 2.45) is 15.3 Å². The molecule has 5 aromatic rings. The van der Waals surface area contributed by atoms with Crippen LogP contribution in [0.15, 0.2) is 110 Å². The molecule has 1 amide bonds. The van der Waals surface area contributed by atoms with E-state index in [1.807, 2.05) is 0 Å². The molecule has 57 heavy (non-hydrogen) atoms. The van der Waals surface area contributed by atoms with E-state index in [2.05, 4.69) is 83.5 Å². The first-order chi connectivity index (χ1) is 26.9. The molecule has 25 heteroatoms. The Morgan fingerprint density at radius 3 is 2.04 bits per heavy atom. The third-order valence-corrected chi connectivity index (χ3v) is 11.2. The molecule has 0 fully saturated rings. The lowest BCUT2D eigenvalue weighted by molar-refractivity contribution is -0.115. The zero-order valence-electron chi connectivity index (χ0n) is 28.2. The lowest BCUT2D eigenvalue weighted by atomic mass is 10.2. The maximum atomic E-state index is 12.3. The predicted octanol–water partition coefficient (Wildman–Crippen LogP) is 6.56. The molecule has 1 atom stereocenters. The number of alkyl halides is 2. The molecular weight excluding hydrogens is 944 g/mol. The normalized spacial score (nSPS) is 12.5. The van der Waals surface area contributed by atoms with Crippen LogP contribution in [-0.4, -0.2) is 79.0 Å². The van der Waals surface area contributed by atoms with Crippen LogP contribution in [-0.2, 0) is 25.0 Å². The number of phenolic OH excluding ortho intramolecular Hbond substituents is 1. The highest BCUT2D eigenvalue weighted by atomic mass is 79.9. The third-order valence-electron chi connectivity index (χ3n) is 7.13. The maximum absolute atomic E-state index is 12.3. The molecule has 0 spiro atoms. The fourth-order valence-corrected chi connectivity index (χ4v) is 6.06. The summed E-state index contributed by atoms with van der Waals surface area (Å²) in [6, 6.07) is 18.5. The number of amidine groups is 1. The van der Waals surface area contributed by atoms with E-state index in [1.54, 1.807) is 42.5 Å². The number of hydrogen-bond donors (Lipinski definition) is 8. The van der Waals surface area contributed by atoms with Gasteiger partial charge in [0.05, 0.1) is 21.0 Å². The molecule has 0 saturated heterocycles. The summed E-state index contributed by atoms with van der Waals surface area (Å²) < 4.78 is 67.4. The van der Waals surface area contributed by atoms with Crippen LogP contribution in [0.4, 0.5) is 40.3 Å². The molecular formula is C32H25Br2ClN10O10S2. The highest BCUT2D eigenvalue weighted by Gasteiger charge is 2.20. The molecule has 0 aliphatic rings. The number of benzene rings is 4. The van der Waals surface area contributed by atoms with Gasteiger partial charge in [0.15, 0.2) is 5.75 Å². The number of halogens is 3. The molecule has 0 bridgehead atoms. The van der Waals surface area contributed by atoms with Crippen LogP contribution in [0.25, 0.3) is 0 Å². The summed E-state index contributed by atoms with van der Waals surface area (Å²) in [7, 11) is -9.68. The van der Waals surface area contributed by atoms with Crippen molar-refractivity contribution in [1.82, 2.24) is 15.0 Å². The molecule has 0 aliphatic carbocycles. The van der Waals surface area contributed by atoms with Crippen LogP contribution in [0, 0.1) is 0 Å². The van der Waals surface area contributed by atoms with Crippen molar-refractivity contribution >= 4 is 122 Å². The van der Waals surface area contributed by atoms with Gasteiger partial charge < -0.3 is 26.2 Å². The Balaban J connectivity index is 1.47. The second-order valence-corrected chi connectivity index (χ2v) is 16.0. The van der Waals surface area contributed by atoms with E-state index in [0.29, 0.717) is 16.7 Å². The molecule has 0 aliphatic heterocycles. The third kappa shape index (κ3) is 11.5. The second kappa shape index (κ2) is 18.1. The Bertz CT molecular complexity index is 2630. The summed E-state index contributed by atoms with van der Waals surface area (Å²) >= 11 is 12.6. The molecule has 1 unspecified atom stereocenters. The SMILES string of the molecule is O=C(O)c1ccc(S(=O)(=O)O)cc1N=N/C(=N/Nc1cc(S(=O)(=O)O)cc(Nc2nc(Cl)nc(Nc3ccc(NC(=O)C(Br)CBr)cc3)n2)c1O)c1ccccc1. The van der Waals surface area contributed by atoms with Gasteiger partial charge in [0, 0.05) is 22.3 Å². The number of aromatic hydroxyl groups is 1. The molecule has 4 aromatic carbocycles. The Kier molecular flexibility index (Phi) is 13.5. The summed E-state index contributed by atoms with van der Waals surface area (Å²) in [5.41, 5.74) is 1.90. The molecule has 8 N–H and O–H groups in total. The smallest absolute Gasteiger partial charge is 0.337 e. The minimum atomic E-state index is -4.93. The van der Waals surface area contributed by atoms with E-state index >= 15 is 0 Å². The lowest BCUT2D eigenvalue weighted by Gasteiger charge is -2.14. The van der Waals surface area contributed by atoms with Gasteiger partial charge in [-0.3, -0.25) is 19.3 Å². The molecule has 20 nitrogen and oxygen atoms in total. The van der Waals surface area contributed by atoms with Gasteiger partial charge in [-0.2, -0.15) is 36.9 Å². The number of carbonyl (C=O) groups excluding carboxylic acids is 1. The second-order valence-electron chi connectivity index (χ2n) is 11.1. The number of amides is 1. The van der Waals surface area contributed by atoms with E-state index in [1.165, 1.54) is 12.1 Å². The van der Waals surface area contributed by atoms with Crippen molar-refractivity contribution in [3.05, 3.63) is 101 Å². The first kappa shape index (κ1) is 42.5. The standard InChI is InChI=1S/C32H25Br2ClN10O10S2/c33-15-22(34)28(47)36-17-6-8-18(9-7-17)37-31-39-30(35)40-32(41-31)38-24-13-20(57(53,54)55)14-25(26(24)46)43-45-27(16-4-2-1-3-5-16)44-42-23-12-19(56(50,51)52)10-11-21(23)29(48)49/h1-14,22,43,46H,15H2,(H,36,47)(H,48,49)(H,50,51,52)(H,53,54,55)(H2,37,38,39,40,41)/b44-42?,45-27+. The topological polar surface area (TPSA) is 307 Å². The quantitative estimate of drug-likeness (QED) is 0.0111. The number of carboxylic acid groups (broad SMARTS) is 1. The van der Waals surface area contributed by atoms with E-state index in [4.69, 9.17) is 11.6 Å². The number of rotatable bonds is 14. The monoisotopic (exact) mass is 966 g/mol. The minimum Gasteiger partial charge on any atom is -0.504 e. The zero-order valence-corrected chi connectivity index (χ0v) is 33.8. The first-order valence-electron chi connectivity index (χ1n) is 15.5. The average molecular weight is 969 g/mol. The van der Waals surface area contributed by atoms with Gasteiger partial charge >= 0.3 is 5.97 Å². The number of phenols is 1. The molecule has 5 rings (SSSR count). The van der Waals surface area contributed by atoms with Gasteiger partial charge in [-0.15, -0.1) is 10.2 Å². The lowest BCUT2D eigenvalue weighted by Crippen LogP contribution is -2.23. The number of nitrogens with one attached hydrogen (secondary N) is 4. The van der Waals surface area contributed by atoms with Crippen molar-refractivity contribution in [2.45, 2.75) is 14.6 Å². The molecule has 296 valence electrons. The van der Waals surface area contributed by atoms with Crippen LogP contribution in [0.2, 0.25) is 5.28 Å². The zero-order chi connectivity index (χ0) is 41.5. The molecule has 0 radical (unpaired) electrons. The van der Waals surface area contributed by atoms with Crippen LogP contribution in [0.1, 0.15) is 15.9 Å². The predicted molar refractivity (Wildman–Crippen MR) is 215 cm³/mol. The fourth-order valence-electron chi connectivity index (χ4n) is 4.46. The van der Waals surface area contributed by atoms with Crippen LogP contribution < -0.4 is 21.4 Å². The highest BCUT2D eigenvalue weighted by molar-refractivity contribution is 9.12.